The van der Waals surface area contributed by atoms with Crippen molar-refractivity contribution in [3.05, 3.63) is 42.5 Å². The number of aliphatic hydroxyl groups excluding tert-OH is 1. The van der Waals surface area contributed by atoms with Gasteiger partial charge in [-0.3, -0.25) is 19.5 Å². The first-order valence-electron chi connectivity index (χ1n) is 8.98. The lowest BCUT2D eigenvalue weighted by Gasteiger charge is -2.35. The Labute approximate surface area is 158 Å². The first-order chi connectivity index (χ1) is 13.1. The standard InChI is InChI=1S/C18H25N7O2/c1-3-20-18(21-11-16(26)14-4-6-19-7-5-14)24-8-9-25(17(27)13-24)15-10-22-23(2)12-15/h4-7,10,12,16,26H,3,8-9,11,13H2,1-2H3,(H,20,21). The number of nitrogens with one attached hydrogen (secondary N) is 1. The number of hydrogen-bond donors (Lipinski definition) is 2. The third-order valence-corrected chi connectivity index (χ3v) is 4.36. The molecule has 0 bridgehead atoms. The average Bonchev–Trinajstić information content (AvgIpc) is 3.11. The van der Waals surface area contributed by atoms with Crippen LogP contribution >= 0.6 is 0 Å². The van der Waals surface area contributed by atoms with Crippen LogP contribution in [0.1, 0.15) is 18.6 Å². The fourth-order valence-electron chi connectivity index (χ4n) is 2.96. The number of rotatable bonds is 5. The van der Waals surface area contributed by atoms with Crippen LogP contribution in [-0.4, -0.2) is 69.4 Å². The summed E-state index contributed by atoms with van der Waals surface area (Å²) < 4.78 is 1.68. The molecule has 0 aromatic carbocycles. The number of piperazine rings is 1. The summed E-state index contributed by atoms with van der Waals surface area (Å²) in [5.41, 5.74) is 1.57. The fraction of sp³-hybridized carbons (Fsp3) is 0.444. The lowest BCUT2D eigenvalue weighted by atomic mass is 10.1. The van der Waals surface area contributed by atoms with Crippen LogP contribution in [0.2, 0.25) is 0 Å². The molecule has 0 aliphatic carbocycles. The molecule has 0 saturated carbocycles. The van der Waals surface area contributed by atoms with E-state index in [-0.39, 0.29) is 19.0 Å². The second-order valence-electron chi connectivity index (χ2n) is 6.33. The van der Waals surface area contributed by atoms with Crippen LogP contribution in [0.15, 0.2) is 41.9 Å². The molecule has 2 N–H and O–H groups in total. The summed E-state index contributed by atoms with van der Waals surface area (Å²) in [5, 5.41) is 17.6. The van der Waals surface area contributed by atoms with Crippen molar-refractivity contribution in [2.75, 3.05) is 37.6 Å². The van der Waals surface area contributed by atoms with Crippen LogP contribution in [0.5, 0.6) is 0 Å². The summed E-state index contributed by atoms with van der Waals surface area (Å²) in [6.07, 6.45) is 6.10. The second-order valence-corrected chi connectivity index (χ2v) is 6.33. The Morgan fingerprint density at radius 3 is 2.78 bits per heavy atom. The number of hydrogen-bond acceptors (Lipinski definition) is 5. The fourth-order valence-corrected chi connectivity index (χ4v) is 2.96. The molecule has 9 nitrogen and oxygen atoms in total. The highest BCUT2D eigenvalue weighted by Crippen LogP contribution is 2.16. The number of anilines is 1. The molecule has 3 heterocycles. The van der Waals surface area contributed by atoms with Crippen molar-refractivity contribution in [3.63, 3.8) is 0 Å². The number of aliphatic hydroxyl groups is 1. The SMILES string of the molecule is CCNC(=NCC(O)c1ccncc1)N1CCN(c2cnn(C)c2)C(=O)C1. The van der Waals surface area contributed by atoms with E-state index in [9.17, 15) is 9.90 Å². The monoisotopic (exact) mass is 371 g/mol. The number of nitrogens with zero attached hydrogens (tertiary/aromatic N) is 6. The summed E-state index contributed by atoms with van der Waals surface area (Å²) in [4.78, 5) is 24.7. The van der Waals surface area contributed by atoms with Gasteiger partial charge in [-0.1, -0.05) is 0 Å². The first kappa shape index (κ1) is 18.8. The van der Waals surface area contributed by atoms with Crippen LogP contribution in [0.3, 0.4) is 0 Å². The molecule has 27 heavy (non-hydrogen) atoms. The van der Waals surface area contributed by atoms with Gasteiger partial charge in [0.1, 0.15) is 6.54 Å². The van der Waals surface area contributed by atoms with E-state index >= 15 is 0 Å². The average molecular weight is 371 g/mol. The Kier molecular flexibility index (Phi) is 6.02. The molecule has 2 aromatic rings. The molecule has 1 atom stereocenters. The topological polar surface area (TPSA) is 98.9 Å². The molecule has 2 aromatic heterocycles. The largest absolute Gasteiger partial charge is 0.386 e. The van der Waals surface area contributed by atoms with E-state index in [2.05, 4.69) is 20.4 Å². The molecule has 1 fully saturated rings. The van der Waals surface area contributed by atoms with Crippen LogP contribution in [-0.2, 0) is 11.8 Å². The van der Waals surface area contributed by atoms with Crippen molar-refractivity contribution in [3.8, 4) is 0 Å². The van der Waals surface area contributed by atoms with Crippen LogP contribution < -0.4 is 10.2 Å². The number of pyridine rings is 1. The zero-order valence-corrected chi connectivity index (χ0v) is 15.6. The first-order valence-corrected chi connectivity index (χ1v) is 8.98. The van der Waals surface area contributed by atoms with E-state index in [0.29, 0.717) is 25.6 Å². The van der Waals surface area contributed by atoms with E-state index in [1.807, 2.05) is 25.1 Å². The van der Waals surface area contributed by atoms with Gasteiger partial charge in [0, 0.05) is 45.3 Å². The maximum Gasteiger partial charge on any atom is 0.246 e. The summed E-state index contributed by atoms with van der Waals surface area (Å²) in [5.74, 6) is 0.624. The number of aliphatic imine (C=N–C) groups is 1. The van der Waals surface area contributed by atoms with Gasteiger partial charge in [0.25, 0.3) is 0 Å². The highest BCUT2D eigenvalue weighted by atomic mass is 16.3. The van der Waals surface area contributed by atoms with E-state index in [4.69, 9.17) is 0 Å². The minimum Gasteiger partial charge on any atom is -0.386 e. The minimum absolute atomic E-state index is 0.00506. The van der Waals surface area contributed by atoms with Crippen LogP contribution in [0.25, 0.3) is 0 Å². The van der Waals surface area contributed by atoms with Crippen molar-refractivity contribution in [2.45, 2.75) is 13.0 Å². The Morgan fingerprint density at radius 1 is 1.37 bits per heavy atom. The van der Waals surface area contributed by atoms with Gasteiger partial charge in [-0.25, -0.2) is 0 Å². The minimum atomic E-state index is -0.714. The number of aryl methyl sites for hydroxylation is 1. The number of aromatic nitrogens is 3. The van der Waals surface area contributed by atoms with E-state index < -0.39 is 6.10 Å². The van der Waals surface area contributed by atoms with Gasteiger partial charge in [-0.15, -0.1) is 0 Å². The van der Waals surface area contributed by atoms with Crippen molar-refractivity contribution in [1.82, 2.24) is 25.0 Å². The molecular formula is C18H25N7O2. The molecule has 1 aliphatic heterocycles. The van der Waals surface area contributed by atoms with Crippen LogP contribution in [0, 0.1) is 0 Å². The Balaban J connectivity index is 1.66. The van der Waals surface area contributed by atoms with Gasteiger partial charge < -0.3 is 20.2 Å². The highest BCUT2D eigenvalue weighted by Gasteiger charge is 2.27. The Morgan fingerprint density at radius 2 is 2.15 bits per heavy atom. The number of guanidine groups is 1. The Bertz CT molecular complexity index is 790. The van der Waals surface area contributed by atoms with Gasteiger partial charge in [0.2, 0.25) is 5.91 Å². The molecule has 0 radical (unpaired) electrons. The van der Waals surface area contributed by atoms with E-state index in [1.54, 1.807) is 40.3 Å². The molecule has 144 valence electrons. The van der Waals surface area contributed by atoms with Crippen molar-refractivity contribution in [2.24, 2.45) is 12.0 Å². The lowest BCUT2D eigenvalue weighted by molar-refractivity contribution is -0.120. The number of amides is 1. The zero-order chi connectivity index (χ0) is 19.2. The molecule has 0 spiro atoms. The summed E-state index contributed by atoms with van der Waals surface area (Å²) in [7, 11) is 1.83. The summed E-state index contributed by atoms with van der Waals surface area (Å²) in [6.45, 7) is 4.30. The molecule has 1 amide bonds. The third-order valence-electron chi connectivity index (χ3n) is 4.36. The highest BCUT2D eigenvalue weighted by molar-refractivity contribution is 5.98. The summed E-state index contributed by atoms with van der Waals surface area (Å²) in [6, 6.07) is 3.53. The maximum absolute atomic E-state index is 12.6. The van der Waals surface area contributed by atoms with Crippen molar-refractivity contribution in [1.29, 1.82) is 0 Å². The smallest absolute Gasteiger partial charge is 0.246 e. The second kappa shape index (κ2) is 8.63. The van der Waals surface area contributed by atoms with Gasteiger partial charge in [-0.05, 0) is 24.6 Å². The summed E-state index contributed by atoms with van der Waals surface area (Å²) >= 11 is 0. The predicted octanol–water partition coefficient (Wildman–Crippen LogP) is 0.163. The number of carbonyl (C=O) groups is 1. The molecular weight excluding hydrogens is 346 g/mol. The van der Waals surface area contributed by atoms with Crippen molar-refractivity contribution < 1.29 is 9.90 Å². The van der Waals surface area contributed by atoms with Gasteiger partial charge in [-0.2, -0.15) is 5.10 Å². The lowest BCUT2D eigenvalue weighted by Crippen LogP contribution is -2.55. The zero-order valence-electron chi connectivity index (χ0n) is 15.6. The van der Waals surface area contributed by atoms with E-state index in [1.165, 1.54) is 0 Å². The molecule has 9 heteroatoms. The predicted molar refractivity (Wildman–Crippen MR) is 102 cm³/mol. The number of carbonyl (C=O) groups excluding carboxylic acids is 1. The van der Waals surface area contributed by atoms with Crippen molar-refractivity contribution >= 4 is 17.6 Å². The molecule has 1 unspecified atom stereocenters. The molecule has 1 saturated heterocycles. The van der Waals surface area contributed by atoms with Gasteiger partial charge in [0.15, 0.2) is 5.96 Å². The van der Waals surface area contributed by atoms with E-state index in [0.717, 1.165) is 11.3 Å². The normalized spacial score (nSPS) is 16.6. The molecule has 1 aliphatic rings. The van der Waals surface area contributed by atoms with Gasteiger partial charge in [0.05, 0.1) is 24.5 Å². The van der Waals surface area contributed by atoms with Gasteiger partial charge >= 0.3 is 0 Å². The Hall–Kier alpha value is -2.94. The molecule has 3 rings (SSSR count). The quantitative estimate of drug-likeness (QED) is 0.574. The third kappa shape index (κ3) is 4.62. The van der Waals surface area contributed by atoms with Crippen LogP contribution in [0.4, 0.5) is 5.69 Å². The maximum atomic E-state index is 12.6.